The molecule has 2 aromatic rings. The zero-order chi connectivity index (χ0) is 23.1. The molecule has 5 rings (SSSR count). The lowest BCUT2D eigenvalue weighted by atomic mass is 9.62. The quantitative estimate of drug-likeness (QED) is 0.735. The van der Waals surface area contributed by atoms with Gasteiger partial charge >= 0.3 is 0 Å². The van der Waals surface area contributed by atoms with Gasteiger partial charge in [0.2, 0.25) is 11.8 Å². The smallest absolute Gasteiger partial charge is 0.233 e. The van der Waals surface area contributed by atoms with Crippen molar-refractivity contribution in [2.45, 2.75) is 56.3 Å². The lowest BCUT2D eigenvalue weighted by Gasteiger charge is -2.50. The molecule has 2 amide bonds. The van der Waals surface area contributed by atoms with Crippen LogP contribution in [0.5, 0.6) is 0 Å². The third kappa shape index (κ3) is 3.73. The van der Waals surface area contributed by atoms with Gasteiger partial charge in [-0.2, -0.15) is 0 Å². The molecular weight excluding hydrogens is 422 g/mol. The first kappa shape index (κ1) is 22.1. The summed E-state index contributed by atoms with van der Waals surface area (Å²) in [6.45, 7) is 1.36. The fourth-order valence-corrected chi connectivity index (χ4v) is 6.51. The lowest BCUT2D eigenvalue weighted by molar-refractivity contribution is -0.141. The summed E-state index contributed by atoms with van der Waals surface area (Å²) in [6, 6.07) is 14.4. The molecule has 1 unspecified atom stereocenters. The maximum absolute atomic E-state index is 14.7. The largest absolute Gasteiger partial charge is 0.355 e. The molecule has 174 valence electrons. The number of nitrogens with zero attached hydrogens (tertiary/aromatic N) is 1. The Morgan fingerprint density at radius 3 is 2.33 bits per heavy atom. The second kappa shape index (κ2) is 8.54. The molecule has 0 radical (unpaired) electrons. The summed E-state index contributed by atoms with van der Waals surface area (Å²) < 4.78 is 28.7. The number of nitrogens with one attached hydrogen (secondary N) is 1. The molecule has 0 aromatic heterocycles. The third-order valence-electron chi connectivity index (χ3n) is 8.35. The van der Waals surface area contributed by atoms with Gasteiger partial charge in [0.15, 0.2) is 11.6 Å². The van der Waals surface area contributed by atoms with Crippen molar-refractivity contribution < 1.29 is 18.4 Å². The predicted octanol–water partition coefficient (Wildman–Crippen LogP) is 4.69. The molecule has 4 nitrogen and oxygen atoms in total. The SMILES string of the molecule is O=C1CC2(CCN(C(=O)C3(c4ccccc4)CCCC3)CC2)C(c2cccc(F)c2F)CN1. The number of piperidine rings is 2. The number of likely N-dealkylation sites (tertiary alicyclic amines) is 1. The van der Waals surface area contributed by atoms with E-state index in [2.05, 4.69) is 17.4 Å². The van der Waals surface area contributed by atoms with Gasteiger partial charge in [-0.15, -0.1) is 0 Å². The second-order valence-electron chi connectivity index (χ2n) is 9.99. The van der Waals surface area contributed by atoms with E-state index in [0.29, 0.717) is 38.0 Å². The van der Waals surface area contributed by atoms with E-state index in [-0.39, 0.29) is 24.2 Å². The first-order valence-electron chi connectivity index (χ1n) is 12.0. The van der Waals surface area contributed by atoms with Crippen LogP contribution in [-0.4, -0.2) is 36.3 Å². The van der Waals surface area contributed by atoms with Crippen LogP contribution in [0.3, 0.4) is 0 Å². The van der Waals surface area contributed by atoms with E-state index < -0.39 is 22.5 Å². The first-order valence-corrected chi connectivity index (χ1v) is 12.0. The monoisotopic (exact) mass is 452 g/mol. The zero-order valence-electron chi connectivity index (χ0n) is 18.8. The molecule has 1 atom stereocenters. The fraction of sp³-hybridized carbons (Fsp3) is 0.481. The average Bonchev–Trinajstić information content (AvgIpc) is 3.33. The molecule has 1 N–H and O–H groups in total. The molecule has 2 aliphatic heterocycles. The highest BCUT2D eigenvalue weighted by molar-refractivity contribution is 5.89. The molecule has 1 spiro atoms. The highest BCUT2D eigenvalue weighted by atomic mass is 19.2. The van der Waals surface area contributed by atoms with Crippen LogP contribution in [0.1, 0.15) is 62.0 Å². The number of benzene rings is 2. The van der Waals surface area contributed by atoms with Crippen molar-refractivity contribution in [1.29, 1.82) is 0 Å². The number of amides is 2. The van der Waals surface area contributed by atoms with Crippen LogP contribution >= 0.6 is 0 Å². The van der Waals surface area contributed by atoms with Crippen molar-refractivity contribution in [2.24, 2.45) is 5.41 Å². The minimum absolute atomic E-state index is 0.0561. The van der Waals surface area contributed by atoms with E-state index in [4.69, 9.17) is 0 Å². The number of carbonyl (C=O) groups excluding carboxylic acids is 2. The predicted molar refractivity (Wildman–Crippen MR) is 122 cm³/mol. The molecular formula is C27H30F2N2O2. The van der Waals surface area contributed by atoms with E-state index in [1.165, 1.54) is 6.07 Å². The summed E-state index contributed by atoms with van der Waals surface area (Å²) >= 11 is 0. The topological polar surface area (TPSA) is 49.4 Å². The van der Waals surface area contributed by atoms with Crippen LogP contribution in [-0.2, 0) is 15.0 Å². The normalized spacial score (nSPS) is 24.0. The molecule has 3 aliphatic rings. The van der Waals surface area contributed by atoms with Crippen LogP contribution in [0.2, 0.25) is 0 Å². The average molecular weight is 453 g/mol. The molecule has 2 heterocycles. The van der Waals surface area contributed by atoms with Crippen molar-refractivity contribution in [3.05, 3.63) is 71.3 Å². The molecule has 3 fully saturated rings. The molecule has 1 saturated carbocycles. The molecule has 2 aromatic carbocycles. The van der Waals surface area contributed by atoms with Crippen molar-refractivity contribution in [3.8, 4) is 0 Å². The molecule has 0 bridgehead atoms. The number of rotatable bonds is 3. The second-order valence-corrected chi connectivity index (χ2v) is 9.99. The summed E-state index contributed by atoms with van der Waals surface area (Å²) in [5.41, 5.74) is 0.475. The number of halogens is 2. The fourth-order valence-electron chi connectivity index (χ4n) is 6.51. The maximum atomic E-state index is 14.7. The number of carbonyl (C=O) groups is 2. The molecule has 6 heteroatoms. The van der Waals surface area contributed by atoms with Gasteiger partial charge in [0.25, 0.3) is 0 Å². The van der Waals surface area contributed by atoms with Gasteiger partial charge in [-0.3, -0.25) is 9.59 Å². The first-order chi connectivity index (χ1) is 16.0. The Balaban J connectivity index is 1.40. The molecule has 1 aliphatic carbocycles. The molecule has 33 heavy (non-hydrogen) atoms. The van der Waals surface area contributed by atoms with Crippen molar-refractivity contribution in [2.75, 3.05) is 19.6 Å². The van der Waals surface area contributed by atoms with Crippen LogP contribution in [0.4, 0.5) is 8.78 Å². The summed E-state index contributed by atoms with van der Waals surface area (Å²) in [5.74, 6) is -1.88. The van der Waals surface area contributed by atoms with Gasteiger partial charge < -0.3 is 10.2 Å². The molecule has 2 saturated heterocycles. The number of hydrogen-bond acceptors (Lipinski definition) is 2. The Morgan fingerprint density at radius 2 is 1.64 bits per heavy atom. The summed E-state index contributed by atoms with van der Waals surface area (Å²) in [5, 5.41) is 2.85. The van der Waals surface area contributed by atoms with Crippen LogP contribution in [0.15, 0.2) is 48.5 Å². The van der Waals surface area contributed by atoms with E-state index >= 15 is 0 Å². The summed E-state index contributed by atoms with van der Waals surface area (Å²) in [6.07, 6.45) is 5.29. The van der Waals surface area contributed by atoms with E-state index in [9.17, 15) is 18.4 Å². The van der Waals surface area contributed by atoms with E-state index in [1.54, 1.807) is 6.07 Å². The van der Waals surface area contributed by atoms with Crippen molar-refractivity contribution >= 4 is 11.8 Å². The standard InChI is InChI=1S/C27H30F2N2O2/c28-22-10-6-9-20(24(22)29)21-18-30-23(32)17-26(21)13-15-31(16-14-26)25(33)27(11-4-5-12-27)19-7-2-1-3-8-19/h1-3,6-10,21H,4-5,11-18H2,(H,30,32). The van der Waals surface area contributed by atoms with Gasteiger partial charge in [-0.25, -0.2) is 8.78 Å². The third-order valence-corrected chi connectivity index (χ3v) is 8.35. The lowest BCUT2D eigenvalue weighted by Crippen LogP contribution is -2.55. The maximum Gasteiger partial charge on any atom is 0.233 e. The minimum Gasteiger partial charge on any atom is -0.355 e. The Morgan fingerprint density at radius 1 is 0.939 bits per heavy atom. The van der Waals surface area contributed by atoms with Gasteiger partial charge in [0.05, 0.1) is 5.41 Å². The minimum atomic E-state index is -0.863. The van der Waals surface area contributed by atoms with Crippen molar-refractivity contribution in [3.63, 3.8) is 0 Å². The van der Waals surface area contributed by atoms with E-state index in [0.717, 1.165) is 37.3 Å². The summed E-state index contributed by atoms with van der Waals surface area (Å²) in [7, 11) is 0. The van der Waals surface area contributed by atoms with Crippen LogP contribution in [0, 0.1) is 17.0 Å². The van der Waals surface area contributed by atoms with Crippen LogP contribution in [0.25, 0.3) is 0 Å². The van der Waals surface area contributed by atoms with Crippen LogP contribution < -0.4 is 5.32 Å². The Bertz CT molecular complexity index is 1040. The Kier molecular flexibility index (Phi) is 5.71. The van der Waals surface area contributed by atoms with Gasteiger partial charge in [0, 0.05) is 32.0 Å². The van der Waals surface area contributed by atoms with Crippen molar-refractivity contribution in [1.82, 2.24) is 10.2 Å². The van der Waals surface area contributed by atoms with Gasteiger partial charge in [-0.05, 0) is 48.3 Å². The highest BCUT2D eigenvalue weighted by Gasteiger charge is 2.50. The summed E-state index contributed by atoms with van der Waals surface area (Å²) in [4.78, 5) is 28.2. The Labute approximate surface area is 193 Å². The van der Waals surface area contributed by atoms with Gasteiger partial charge in [-0.1, -0.05) is 55.3 Å². The zero-order valence-corrected chi connectivity index (χ0v) is 18.8. The van der Waals surface area contributed by atoms with Gasteiger partial charge in [0.1, 0.15) is 0 Å². The number of hydrogen-bond donors (Lipinski definition) is 1. The van der Waals surface area contributed by atoms with E-state index in [1.807, 2.05) is 23.1 Å². The highest BCUT2D eigenvalue weighted by Crippen LogP contribution is 2.50. The Hall–Kier alpha value is -2.76.